The zero-order valence-electron chi connectivity index (χ0n) is 12.5. The van der Waals surface area contributed by atoms with Gasteiger partial charge in [-0.05, 0) is 61.1 Å². The van der Waals surface area contributed by atoms with Gasteiger partial charge in [-0.1, -0.05) is 32.4 Å². The Bertz CT molecular complexity index is 459. The highest BCUT2D eigenvalue weighted by atomic mass is 35.5. The number of halogens is 2. The van der Waals surface area contributed by atoms with Gasteiger partial charge in [0.25, 0.3) is 0 Å². The summed E-state index contributed by atoms with van der Waals surface area (Å²) < 4.78 is 13.3. The summed E-state index contributed by atoms with van der Waals surface area (Å²) in [6.07, 6.45) is 3.56. The number of aliphatic hydroxyl groups excluding tert-OH is 1. The van der Waals surface area contributed by atoms with E-state index >= 15 is 0 Å². The fourth-order valence-corrected chi connectivity index (χ4v) is 3.53. The first-order valence-electron chi connectivity index (χ1n) is 7.42. The van der Waals surface area contributed by atoms with Crippen LogP contribution in [-0.2, 0) is 0 Å². The number of aliphatic hydroxyl groups is 1. The quantitative estimate of drug-likeness (QED) is 0.778. The van der Waals surface area contributed by atoms with Crippen molar-refractivity contribution < 1.29 is 9.50 Å². The molecule has 1 unspecified atom stereocenters. The van der Waals surface area contributed by atoms with Crippen LogP contribution in [0.25, 0.3) is 0 Å². The van der Waals surface area contributed by atoms with Gasteiger partial charge in [-0.25, -0.2) is 4.39 Å². The first-order chi connectivity index (χ1) is 9.29. The molecule has 1 aliphatic rings. The van der Waals surface area contributed by atoms with Crippen LogP contribution in [0.15, 0.2) is 18.2 Å². The smallest absolute Gasteiger partial charge is 0.123 e. The number of rotatable bonds is 2. The molecule has 1 aromatic rings. The van der Waals surface area contributed by atoms with Crippen molar-refractivity contribution in [1.82, 2.24) is 0 Å². The van der Waals surface area contributed by atoms with Crippen LogP contribution in [0.3, 0.4) is 0 Å². The van der Waals surface area contributed by atoms with Crippen molar-refractivity contribution in [2.45, 2.75) is 52.6 Å². The Kier molecular flexibility index (Phi) is 4.76. The third kappa shape index (κ3) is 3.53. The summed E-state index contributed by atoms with van der Waals surface area (Å²) in [6.45, 7) is 6.83. The molecule has 0 spiro atoms. The van der Waals surface area contributed by atoms with E-state index in [9.17, 15) is 9.50 Å². The van der Waals surface area contributed by atoms with Gasteiger partial charge in [0.15, 0.2) is 0 Å². The van der Waals surface area contributed by atoms with Crippen LogP contribution in [0.4, 0.5) is 4.39 Å². The minimum absolute atomic E-state index is 0.188. The molecule has 1 fully saturated rings. The second-order valence-corrected chi connectivity index (χ2v) is 7.50. The Balaban J connectivity index is 2.05. The minimum Gasteiger partial charge on any atom is -0.388 e. The van der Waals surface area contributed by atoms with Crippen LogP contribution in [0, 0.1) is 23.1 Å². The summed E-state index contributed by atoms with van der Waals surface area (Å²) in [7, 11) is 0. The SMILES string of the molecule is CC(C)(C)C1CCC(C(O)c2cc(F)ccc2Cl)CC1. The van der Waals surface area contributed by atoms with Gasteiger partial charge in [-0.3, -0.25) is 0 Å². The van der Waals surface area contributed by atoms with Crippen molar-refractivity contribution in [3.05, 3.63) is 34.6 Å². The molecule has 1 nitrogen and oxygen atoms in total. The average Bonchev–Trinajstić information content (AvgIpc) is 2.40. The van der Waals surface area contributed by atoms with E-state index in [1.165, 1.54) is 18.2 Å². The number of hydrogen-bond acceptors (Lipinski definition) is 1. The van der Waals surface area contributed by atoms with Gasteiger partial charge >= 0.3 is 0 Å². The minimum atomic E-state index is -0.654. The maximum absolute atomic E-state index is 13.3. The van der Waals surface area contributed by atoms with Gasteiger partial charge in [0.1, 0.15) is 5.82 Å². The molecule has 1 atom stereocenters. The first kappa shape index (κ1) is 15.8. The van der Waals surface area contributed by atoms with Gasteiger partial charge < -0.3 is 5.11 Å². The summed E-state index contributed by atoms with van der Waals surface area (Å²) in [6, 6.07) is 4.22. The van der Waals surface area contributed by atoms with E-state index in [4.69, 9.17) is 11.6 Å². The molecule has 0 aliphatic heterocycles. The number of hydrogen-bond donors (Lipinski definition) is 1. The van der Waals surface area contributed by atoms with Crippen molar-refractivity contribution in [1.29, 1.82) is 0 Å². The Morgan fingerprint density at radius 1 is 1.20 bits per heavy atom. The summed E-state index contributed by atoms with van der Waals surface area (Å²) in [5, 5.41) is 10.9. The molecule has 0 amide bonds. The third-order valence-electron chi connectivity index (χ3n) is 4.72. The van der Waals surface area contributed by atoms with Crippen LogP contribution in [0.5, 0.6) is 0 Å². The molecular weight excluding hydrogens is 275 g/mol. The summed E-state index contributed by atoms with van der Waals surface area (Å²) >= 11 is 6.08. The molecule has 20 heavy (non-hydrogen) atoms. The fourth-order valence-electron chi connectivity index (χ4n) is 3.30. The molecular formula is C17H24ClFO. The van der Waals surface area contributed by atoms with E-state index in [2.05, 4.69) is 20.8 Å². The molecule has 1 N–H and O–H groups in total. The molecule has 112 valence electrons. The molecule has 1 aliphatic carbocycles. The Morgan fingerprint density at radius 3 is 2.35 bits per heavy atom. The van der Waals surface area contributed by atoms with E-state index < -0.39 is 6.10 Å². The predicted octanol–water partition coefficient (Wildman–Crippen LogP) is 5.37. The highest BCUT2D eigenvalue weighted by molar-refractivity contribution is 6.31. The van der Waals surface area contributed by atoms with Gasteiger partial charge in [0.2, 0.25) is 0 Å². The van der Waals surface area contributed by atoms with Gasteiger partial charge in [-0.15, -0.1) is 0 Å². The average molecular weight is 299 g/mol. The van der Waals surface area contributed by atoms with Crippen molar-refractivity contribution in [2.75, 3.05) is 0 Å². The fraction of sp³-hybridized carbons (Fsp3) is 0.647. The first-order valence-corrected chi connectivity index (χ1v) is 7.80. The summed E-state index contributed by atoms with van der Waals surface area (Å²) in [4.78, 5) is 0. The maximum Gasteiger partial charge on any atom is 0.123 e. The zero-order chi connectivity index (χ0) is 14.9. The Labute approximate surface area is 126 Å². The number of benzene rings is 1. The molecule has 0 radical (unpaired) electrons. The van der Waals surface area contributed by atoms with E-state index in [0.717, 1.165) is 25.7 Å². The molecule has 2 rings (SSSR count). The predicted molar refractivity (Wildman–Crippen MR) is 81.3 cm³/mol. The third-order valence-corrected chi connectivity index (χ3v) is 5.06. The Hall–Kier alpha value is -0.600. The summed E-state index contributed by atoms with van der Waals surface area (Å²) in [5.41, 5.74) is 0.859. The van der Waals surface area contributed by atoms with Crippen molar-refractivity contribution in [3.63, 3.8) is 0 Å². The van der Waals surface area contributed by atoms with Crippen LogP contribution in [-0.4, -0.2) is 5.11 Å². The summed E-state index contributed by atoms with van der Waals surface area (Å²) in [5.74, 6) is 0.550. The van der Waals surface area contributed by atoms with Crippen LogP contribution in [0.1, 0.15) is 58.1 Å². The molecule has 1 saturated carbocycles. The largest absolute Gasteiger partial charge is 0.388 e. The van der Waals surface area contributed by atoms with Gasteiger partial charge in [0.05, 0.1) is 6.10 Å². The normalized spacial score (nSPS) is 25.5. The van der Waals surface area contributed by atoms with E-state index in [-0.39, 0.29) is 11.7 Å². The van der Waals surface area contributed by atoms with Crippen molar-refractivity contribution in [2.24, 2.45) is 17.3 Å². The van der Waals surface area contributed by atoms with Gasteiger partial charge in [0, 0.05) is 10.6 Å². The molecule has 0 aromatic heterocycles. The lowest BCUT2D eigenvalue weighted by atomic mass is 9.68. The molecule has 0 bridgehead atoms. The maximum atomic E-state index is 13.3. The second-order valence-electron chi connectivity index (χ2n) is 7.09. The van der Waals surface area contributed by atoms with E-state index in [1.54, 1.807) is 0 Å². The molecule has 0 heterocycles. The zero-order valence-corrected chi connectivity index (χ0v) is 13.3. The molecule has 3 heteroatoms. The van der Waals surface area contributed by atoms with Crippen LogP contribution >= 0.6 is 11.6 Å². The monoisotopic (exact) mass is 298 g/mol. The molecule has 1 aromatic carbocycles. The van der Waals surface area contributed by atoms with E-state index in [1.807, 2.05) is 0 Å². The van der Waals surface area contributed by atoms with E-state index in [0.29, 0.717) is 21.9 Å². The lowest BCUT2D eigenvalue weighted by Gasteiger charge is -2.38. The lowest BCUT2D eigenvalue weighted by molar-refractivity contribution is 0.0527. The lowest BCUT2D eigenvalue weighted by Crippen LogP contribution is -2.28. The van der Waals surface area contributed by atoms with Crippen LogP contribution < -0.4 is 0 Å². The van der Waals surface area contributed by atoms with Crippen molar-refractivity contribution >= 4 is 11.6 Å². The van der Waals surface area contributed by atoms with Crippen LogP contribution in [0.2, 0.25) is 5.02 Å². The Morgan fingerprint density at radius 2 is 1.80 bits per heavy atom. The van der Waals surface area contributed by atoms with Crippen molar-refractivity contribution in [3.8, 4) is 0 Å². The highest BCUT2D eigenvalue weighted by Gasteiger charge is 2.33. The molecule has 0 saturated heterocycles. The topological polar surface area (TPSA) is 20.2 Å². The highest BCUT2D eigenvalue weighted by Crippen LogP contribution is 2.44. The van der Waals surface area contributed by atoms with Gasteiger partial charge in [-0.2, -0.15) is 0 Å². The second kappa shape index (κ2) is 6.03. The standard InChI is InChI=1S/C17H24ClFO/c1-17(2,3)12-6-4-11(5-7-12)16(20)14-10-13(19)8-9-15(14)18/h8-12,16,20H,4-7H2,1-3H3.